The van der Waals surface area contributed by atoms with Crippen molar-refractivity contribution in [1.29, 1.82) is 0 Å². The molecule has 4 heavy (non-hydrogen) atoms. The molecule has 17 valence electrons. The molecule has 0 N–H and O–H groups in total. The average Bonchev–Trinajstić information content (AvgIpc) is 0. The van der Waals surface area contributed by atoms with Gasteiger partial charge in [0.2, 0.25) is 0 Å². The van der Waals surface area contributed by atoms with Crippen LogP contribution < -0.4 is 0 Å². The van der Waals surface area contributed by atoms with Crippen molar-refractivity contribution < 1.29 is 21.1 Å². The number of rotatable bonds is 0. The van der Waals surface area contributed by atoms with Crippen molar-refractivity contribution in [2.45, 2.75) is 0 Å². The van der Waals surface area contributed by atoms with Crippen LogP contribution in [0.4, 0.5) is 0 Å². The van der Waals surface area contributed by atoms with E-state index >= 15 is 0 Å². The molecule has 0 fully saturated rings. The summed E-state index contributed by atoms with van der Waals surface area (Å²) in [4.78, 5) is 0. The van der Waals surface area contributed by atoms with Gasteiger partial charge in [-0.25, -0.2) is 0 Å². The standard InChI is InChI=1S/Al.Ca.Si.W.2H. The number of hydrogen-bond donors (Lipinski definition) is 0. The van der Waals surface area contributed by atoms with E-state index in [4.69, 9.17) is 0 Å². The Hall–Kier alpha value is 2.70. The first kappa shape index (κ1) is 29.9. The third-order valence-corrected chi connectivity index (χ3v) is 0. The summed E-state index contributed by atoms with van der Waals surface area (Å²) in [7, 11) is 0. The maximum Gasteiger partial charge on any atom is 0 e. The van der Waals surface area contributed by atoms with E-state index in [1.165, 1.54) is 0 Å². The molecule has 0 amide bonds. The Morgan fingerprint density at radius 2 is 1.00 bits per heavy atom. The van der Waals surface area contributed by atoms with Gasteiger partial charge in [-0.3, -0.25) is 0 Å². The van der Waals surface area contributed by atoms with Crippen LogP contribution in [0.15, 0.2) is 0 Å². The Morgan fingerprint density at radius 3 is 1.00 bits per heavy atom. The van der Waals surface area contributed by atoms with Crippen LogP contribution in [0, 0.1) is 0 Å². The Morgan fingerprint density at radius 1 is 1.00 bits per heavy atom. The minimum atomic E-state index is 0. The molecule has 7 radical (unpaired) electrons. The Balaban J connectivity index is 0. The molecule has 0 saturated carbocycles. The summed E-state index contributed by atoms with van der Waals surface area (Å²) >= 11 is 0. The van der Waals surface area contributed by atoms with Crippen LogP contribution >= 0.6 is 0 Å². The zero-order valence-electron chi connectivity index (χ0n) is 1.49. The van der Waals surface area contributed by atoms with Crippen molar-refractivity contribution in [2.75, 3.05) is 0 Å². The first-order valence-electron chi connectivity index (χ1n) is 0. The van der Waals surface area contributed by atoms with Gasteiger partial charge in [-0.1, -0.05) is 0 Å². The molecule has 0 aromatic carbocycles. The first-order chi connectivity index (χ1) is 0. The van der Waals surface area contributed by atoms with Crippen LogP contribution in [-0.4, -0.2) is 66.1 Å². The zero-order chi connectivity index (χ0) is 0. The summed E-state index contributed by atoms with van der Waals surface area (Å²) in [5, 5.41) is 0. The summed E-state index contributed by atoms with van der Waals surface area (Å²) in [6.45, 7) is 0. The molecule has 4 heteroatoms. The van der Waals surface area contributed by atoms with E-state index in [0.717, 1.165) is 0 Å². The summed E-state index contributed by atoms with van der Waals surface area (Å²) in [5.41, 5.74) is 0. The van der Waals surface area contributed by atoms with E-state index in [9.17, 15) is 0 Å². The molecule has 0 aliphatic rings. The van der Waals surface area contributed by atoms with Crippen molar-refractivity contribution in [2.24, 2.45) is 0 Å². The molecule has 0 aromatic rings. The van der Waals surface area contributed by atoms with Gasteiger partial charge in [0.25, 0.3) is 0 Å². The molecule has 0 saturated heterocycles. The van der Waals surface area contributed by atoms with Crippen molar-refractivity contribution in [3.05, 3.63) is 0 Å². The van der Waals surface area contributed by atoms with E-state index < -0.39 is 0 Å². The van der Waals surface area contributed by atoms with Crippen LogP contribution in [0.5, 0.6) is 0 Å². The Kier molecular flexibility index (Phi) is 129. The van der Waals surface area contributed by atoms with E-state index in [1.807, 2.05) is 0 Å². The zero-order valence-corrected chi connectivity index (χ0v) is 6.57. The molecule has 0 atom stereocenters. The SMILES string of the molecule is [Al].[CaH2].[Si].[W]. The molecule has 0 rings (SSSR count). The monoisotopic (exact) mass is 281 g/mol. The van der Waals surface area contributed by atoms with E-state index in [-0.39, 0.29) is 87.1 Å². The van der Waals surface area contributed by atoms with E-state index in [0.29, 0.717) is 0 Å². The smallest absolute Gasteiger partial charge is 0 e. The molecule has 0 spiro atoms. The molecule has 0 aliphatic heterocycles. The third-order valence-electron chi connectivity index (χ3n) is 0. The minimum absolute atomic E-state index is 0. The normalized spacial score (nSPS) is 0. The van der Waals surface area contributed by atoms with Gasteiger partial charge < -0.3 is 0 Å². The predicted octanol–water partition coefficient (Wildman–Crippen LogP) is -1.68. The minimum Gasteiger partial charge on any atom is 0 e. The third kappa shape index (κ3) is 8.83. The second-order valence-corrected chi connectivity index (χ2v) is 0. The predicted molar refractivity (Wildman–Crippen MR) is 20.1 cm³/mol. The fourth-order valence-corrected chi connectivity index (χ4v) is 0. The van der Waals surface area contributed by atoms with Gasteiger partial charge in [0.15, 0.2) is 0 Å². The van der Waals surface area contributed by atoms with Crippen LogP contribution in [0.1, 0.15) is 0 Å². The molecule has 0 heterocycles. The van der Waals surface area contributed by atoms with E-state index in [2.05, 4.69) is 0 Å². The Bertz CT molecular complexity index is 8.00. The summed E-state index contributed by atoms with van der Waals surface area (Å²) in [6, 6.07) is 0. The van der Waals surface area contributed by atoms with Crippen molar-refractivity contribution in [3.63, 3.8) is 0 Å². The second kappa shape index (κ2) is 17.3. The van der Waals surface area contributed by atoms with Gasteiger partial charge in [-0.05, 0) is 0 Å². The molecule has 0 nitrogen and oxygen atoms in total. The molecular weight excluding hydrogens is 279 g/mol. The van der Waals surface area contributed by atoms with Crippen molar-refractivity contribution >= 4 is 66.1 Å². The van der Waals surface area contributed by atoms with Crippen LogP contribution in [0.2, 0.25) is 0 Å². The summed E-state index contributed by atoms with van der Waals surface area (Å²) in [6.07, 6.45) is 0. The fourth-order valence-electron chi connectivity index (χ4n) is 0. The van der Waals surface area contributed by atoms with Gasteiger partial charge >= 0.3 is 37.7 Å². The number of hydrogen-bond acceptors (Lipinski definition) is 0. The largest absolute Gasteiger partial charge is 0 e. The van der Waals surface area contributed by atoms with Crippen molar-refractivity contribution in [3.8, 4) is 0 Å². The summed E-state index contributed by atoms with van der Waals surface area (Å²) in [5.74, 6) is 0. The maximum atomic E-state index is 0. The second-order valence-electron chi connectivity index (χ2n) is 0. The van der Waals surface area contributed by atoms with Gasteiger partial charge in [-0.15, -0.1) is 0 Å². The first-order valence-corrected chi connectivity index (χ1v) is 0. The quantitative estimate of drug-likeness (QED) is 0.465. The van der Waals surface area contributed by atoms with Crippen LogP contribution in [0.3, 0.4) is 0 Å². The molecule has 0 aromatic heterocycles. The average molecular weight is 281 g/mol. The van der Waals surface area contributed by atoms with Crippen LogP contribution in [-0.2, 0) is 21.1 Å². The van der Waals surface area contributed by atoms with Gasteiger partial charge in [-0.2, -0.15) is 0 Å². The fraction of sp³-hybridized carbons (Fsp3) is 0. The molecule has 0 unspecified atom stereocenters. The van der Waals surface area contributed by atoms with Crippen molar-refractivity contribution in [1.82, 2.24) is 0 Å². The molecule has 0 bridgehead atoms. The summed E-state index contributed by atoms with van der Waals surface area (Å²) < 4.78 is 0. The van der Waals surface area contributed by atoms with Gasteiger partial charge in [0.05, 0.1) is 0 Å². The topological polar surface area (TPSA) is 0 Å². The van der Waals surface area contributed by atoms with E-state index in [1.54, 1.807) is 0 Å². The maximum absolute atomic E-state index is 0. The molecule has 0 aliphatic carbocycles. The van der Waals surface area contributed by atoms with Gasteiger partial charge in [0, 0.05) is 49.4 Å². The molecular formula is H2AlCaSiW. The van der Waals surface area contributed by atoms with Crippen LogP contribution in [0.25, 0.3) is 0 Å². The Labute approximate surface area is 85.5 Å². The van der Waals surface area contributed by atoms with Gasteiger partial charge in [0.1, 0.15) is 0 Å².